The normalized spacial score (nSPS) is 12.7. The lowest BCUT2D eigenvalue weighted by Crippen LogP contribution is -2.32. The van der Waals surface area contributed by atoms with Crippen LogP contribution in [0.3, 0.4) is 0 Å². The highest BCUT2D eigenvalue weighted by atomic mass is 16.5. The molecule has 2 rings (SSSR count). The van der Waals surface area contributed by atoms with Crippen molar-refractivity contribution < 1.29 is 19.1 Å². The van der Waals surface area contributed by atoms with Crippen LogP contribution < -0.4 is 10.1 Å². The van der Waals surface area contributed by atoms with E-state index in [1.807, 2.05) is 31.2 Å². The first-order valence-electron chi connectivity index (χ1n) is 9.83. The molecule has 0 aliphatic carbocycles. The summed E-state index contributed by atoms with van der Waals surface area (Å²) >= 11 is 0. The van der Waals surface area contributed by atoms with Gasteiger partial charge in [0, 0.05) is 5.69 Å². The number of nitrogens with one attached hydrogen (secondary N) is 1. The molecule has 0 heterocycles. The largest absolute Gasteiger partial charge is 0.480 e. The van der Waals surface area contributed by atoms with Gasteiger partial charge in [0.1, 0.15) is 5.75 Å². The topological polar surface area (TPSA) is 64.6 Å². The molecule has 150 valence electrons. The van der Waals surface area contributed by atoms with E-state index < -0.39 is 6.10 Å². The van der Waals surface area contributed by atoms with Crippen molar-refractivity contribution >= 4 is 17.6 Å². The molecule has 2 unspecified atom stereocenters. The summed E-state index contributed by atoms with van der Waals surface area (Å²) in [6.45, 7) is 8.28. The van der Waals surface area contributed by atoms with Crippen molar-refractivity contribution in [3.8, 4) is 5.75 Å². The number of hydrogen-bond donors (Lipinski definition) is 1. The summed E-state index contributed by atoms with van der Waals surface area (Å²) in [7, 11) is 0. The highest BCUT2D eigenvalue weighted by Gasteiger charge is 2.21. The molecule has 0 bridgehead atoms. The standard InChI is InChI=1S/C23H29NO4/c1-5-16(4)19-10-8-9-11-21(19)28-20(6-2)22(25)24-18-14-12-17(13-15-18)23(26)27-7-3/h8-16,20H,5-7H2,1-4H3,(H,24,25). The van der Waals surface area contributed by atoms with E-state index in [-0.39, 0.29) is 11.9 Å². The zero-order chi connectivity index (χ0) is 20.5. The van der Waals surface area contributed by atoms with Gasteiger partial charge in [-0.25, -0.2) is 4.79 Å². The molecule has 2 aromatic rings. The Morgan fingerprint density at radius 3 is 2.25 bits per heavy atom. The Labute approximate surface area is 167 Å². The average molecular weight is 383 g/mol. The highest BCUT2D eigenvalue weighted by Crippen LogP contribution is 2.29. The van der Waals surface area contributed by atoms with Crippen LogP contribution in [0.4, 0.5) is 5.69 Å². The number of para-hydroxylation sites is 1. The first-order chi connectivity index (χ1) is 13.5. The number of hydrogen-bond acceptors (Lipinski definition) is 4. The van der Waals surface area contributed by atoms with Crippen LogP contribution in [-0.2, 0) is 9.53 Å². The molecule has 1 amide bonds. The number of amides is 1. The molecule has 5 heteroatoms. The van der Waals surface area contributed by atoms with Crippen molar-refractivity contribution in [2.75, 3.05) is 11.9 Å². The summed E-state index contributed by atoms with van der Waals surface area (Å²) in [6, 6.07) is 14.5. The summed E-state index contributed by atoms with van der Waals surface area (Å²) in [4.78, 5) is 24.4. The fourth-order valence-corrected chi connectivity index (χ4v) is 2.82. The van der Waals surface area contributed by atoms with Gasteiger partial charge in [-0.1, -0.05) is 39.0 Å². The SMILES string of the molecule is CCOC(=O)c1ccc(NC(=O)C(CC)Oc2ccccc2C(C)CC)cc1. The zero-order valence-corrected chi connectivity index (χ0v) is 17.0. The zero-order valence-electron chi connectivity index (χ0n) is 17.0. The lowest BCUT2D eigenvalue weighted by Gasteiger charge is -2.21. The molecule has 28 heavy (non-hydrogen) atoms. The highest BCUT2D eigenvalue weighted by molar-refractivity contribution is 5.95. The van der Waals surface area contributed by atoms with Gasteiger partial charge in [-0.3, -0.25) is 4.79 Å². The fourth-order valence-electron chi connectivity index (χ4n) is 2.82. The molecule has 0 fully saturated rings. The number of ether oxygens (including phenoxy) is 2. The molecule has 0 radical (unpaired) electrons. The van der Waals surface area contributed by atoms with Crippen LogP contribution >= 0.6 is 0 Å². The number of carbonyl (C=O) groups excluding carboxylic acids is 2. The van der Waals surface area contributed by atoms with Gasteiger partial charge in [0.25, 0.3) is 5.91 Å². The Kier molecular flexibility index (Phi) is 8.05. The van der Waals surface area contributed by atoms with E-state index in [2.05, 4.69) is 19.2 Å². The monoisotopic (exact) mass is 383 g/mol. The number of esters is 1. The lowest BCUT2D eigenvalue weighted by molar-refractivity contribution is -0.122. The van der Waals surface area contributed by atoms with Crippen molar-refractivity contribution in [1.82, 2.24) is 0 Å². The van der Waals surface area contributed by atoms with Crippen molar-refractivity contribution in [2.24, 2.45) is 0 Å². The predicted molar refractivity (Wildman–Crippen MR) is 111 cm³/mol. The Bertz CT molecular complexity index is 785. The minimum Gasteiger partial charge on any atom is -0.480 e. The first-order valence-corrected chi connectivity index (χ1v) is 9.83. The third-order valence-corrected chi connectivity index (χ3v) is 4.66. The van der Waals surface area contributed by atoms with Crippen molar-refractivity contribution in [2.45, 2.75) is 52.6 Å². The number of rotatable bonds is 9. The van der Waals surface area contributed by atoms with E-state index in [1.165, 1.54) is 0 Å². The van der Waals surface area contributed by atoms with Crippen LogP contribution in [0, 0.1) is 0 Å². The van der Waals surface area contributed by atoms with E-state index in [0.717, 1.165) is 17.7 Å². The summed E-state index contributed by atoms with van der Waals surface area (Å²) in [5.41, 5.74) is 2.16. The maximum atomic E-state index is 12.7. The van der Waals surface area contributed by atoms with Gasteiger partial charge in [-0.2, -0.15) is 0 Å². The fraction of sp³-hybridized carbons (Fsp3) is 0.391. The van der Waals surface area contributed by atoms with Gasteiger partial charge in [0.05, 0.1) is 12.2 Å². The molecular weight excluding hydrogens is 354 g/mol. The van der Waals surface area contributed by atoms with E-state index in [9.17, 15) is 9.59 Å². The second-order valence-electron chi connectivity index (χ2n) is 6.65. The third-order valence-electron chi connectivity index (χ3n) is 4.66. The summed E-state index contributed by atoms with van der Waals surface area (Å²) in [5.74, 6) is 0.505. The van der Waals surface area contributed by atoms with Gasteiger partial charge in [0.2, 0.25) is 0 Å². The van der Waals surface area contributed by atoms with Gasteiger partial charge in [0.15, 0.2) is 6.10 Å². The summed E-state index contributed by atoms with van der Waals surface area (Å²) in [5, 5.41) is 2.86. The minimum absolute atomic E-state index is 0.217. The van der Waals surface area contributed by atoms with E-state index >= 15 is 0 Å². The van der Waals surface area contributed by atoms with Gasteiger partial charge < -0.3 is 14.8 Å². The summed E-state index contributed by atoms with van der Waals surface area (Å²) < 4.78 is 11.0. The quantitative estimate of drug-likeness (QED) is 0.607. The van der Waals surface area contributed by atoms with Crippen LogP contribution in [0.2, 0.25) is 0 Å². The van der Waals surface area contributed by atoms with E-state index in [4.69, 9.17) is 9.47 Å². The van der Waals surface area contributed by atoms with Crippen LogP contribution in [0.25, 0.3) is 0 Å². The van der Waals surface area contributed by atoms with E-state index in [0.29, 0.717) is 30.2 Å². The molecule has 0 aliphatic heterocycles. The first kappa shape index (κ1) is 21.5. The predicted octanol–water partition coefficient (Wildman–Crippen LogP) is 5.17. The molecule has 1 N–H and O–H groups in total. The van der Waals surface area contributed by atoms with Crippen LogP contribution in [-0.4, -0.2) is 24.6 Å². The van der Waals surface area contributed by atoms with Crippen molar-refractivity contribution in [1.29, 1.82) is 0 Å². The third kappa shape index (κ3) is 5.59. The lowest BCUT2D eigenvalue weighted by atomic mass is 9.98. The average Bonchev–Trinajstić information content (AvgIpc) is 2.72. The Morgan fingerprint density at radius 1 is 0.964 bits per heavy atom. The van der Waals surface area contributed by atoms with Gasteiger partial charge in [-0.15, -0.1) is 0 Å². The molecule has 0 aliphatic rings. The summed E-state index contributed by atoms with van der Waals surface area (Å²) in [6.07, 6.45) is 0.938. The Balaban J connectivity index is 2.07. The minimum atomic E-state index is -0.602. The van der Waals surface area contributed by atoms with Crippen molar-refractivity contribution in [3.05, 3.63) is 59.7 Å². The van der Waals surface area contributed by atoms with Crippen LogP contribution in [0.5, 0.6) is 5.75 Å². The molecule has 0 aromatic heterocycles. The molecule has 0 saturated heterocycles. The maximum Gasteiger partial charge on any atom is 0.338 e. The molecule has 2 atom stereocenters. The number of anilines is 1. The Hall–Kier alpha value is -2.82. The molecule has 2 aromatic carbocycles. The van der Waals surface area contributed by atoms with Gasteiger partial charge >= 0.3 is 5.97 Å². The number of carbonyl (C=O) groups is 2. The maximum absolute atomic E-state index is 12.7. The van der Waals surface area contributed by atoms with E-state index in [1.54, 1.807) is 31.2 Å². The second-order valence-corrected chi connectivity index (χ2v) is 6.65. The molecular formula is C23H29NO4. The van der Waals surface area contributed by atoms with Crippen molar-refractivity contribution in [3.63, 3.8) is 0 Å². The molecule has 0 spiro atoms. The smallest absolute Gasteiger partial charge is 0.338 e. The molecule has 0 saturated carbocycles. The van der Waals surface area contributed by atoms with Crippen LogP contribution in [0.15, 0.2) is 48.5 Å². The van der Waals surface area contributed by atoms with Crippen LogP contribution in [0.1, 0.15) is 62.4 Å². The van der Waals surface area contributed by atoms with Gasteiger partial charge in [-0.05, 0) is 61.6 Å². The number of benzene rings is 2. The molecule has 5 nitrogen and oxygen atoms in total. The second kappa shape index (κ2) is 10.5. The Morgan fingerprint density at radius 2 is 1.64 bits per heavy atom.